The normalized spacial score (nSPS) is 10.3. The van der Waals surface area contributed by atoms with Crippen LogP contribution in [0.25, 0.3) is 0 Å². The Kier molecular flexibility index (Phi) is 7.80. The molecule has 0 aliphatic carbocycles. The monoisotopic (exact) mass is 357 g/mol. The number of amides is 1. The third kappa shape index (κ3) is 5.69. The second-order valence-corrected chi connectivity index (χ2v) is 5.96. The van der Waals surface area contributed by atoms with Crippen molar-refractivity contribution in [1.29, 1.82) is 0 Å². The van der Waals surface area contributed by atoms with Crippen molar-refractivity contribution in [2.75, 3.05) is 26.1 Å². The largest absolute Gasteiger partial charge is 0.494 e. The van der Waals surface area contributed by atoms with E-state index in [9.17, 15) is 4.79 Å². The van der Waals surface area contributed by atoms with Crippen molar-refractivity contribution in [3.63, 3.8) is 0 Å². The van der Waals surface area contributed by atoms with Crippen LogP contribution in [0.5, 0.6) is 17.2 Å². The Morgan fingerprint density at radius 2 is 1.65 bits per heavy atom. The Morgan fingerprint density at radius 3 is 2.31 bits per heavy atom. The van der Waals surface area contributed by atoms with Gasteiger partial charge in [-0.15, -0.1) is 0 Å². The maximum atomic E-state index is 12.4. The van der Waals surface area contributed by atoms with E-state index in [1.807, 2.05) is 24.3 Å². The molecule has 5 heteroatoms. The van der Waals surface area contributed by atoms with Gasteiger partial charge in [-0.05, 0) is 48.9 Å². The molecular formula is C21H27NO4. The van der Waals surface area contributed by atoms with E-state index in [4.69, 9.17) is 14.2 Å². The molecule has 2 aromatic rings. The lowest BCUT2D eigenvalue weighted by Crippen LogP contribution is -2.12. The van der Waals surface area contributed by atoms with E-state index in [-0.39, 0.29) is 5.91 Å². The van der Waals surface area contributed by atoms with Gasteiger partial charge in [0, 0.05) is 11.3 Å². The number of rotatable bonds is 10. The second kappa shape index (κ2) is 10.3. The van der Waals surface area contributed by atoms with Crippen molar-refractivity contribution in [3.8, 4) is 17.2 Å². The van der Waals surface area contributed by atoms with Crippen LogP contribution >= 0.6 is 0 Å². The van der Waals surface area contributed by atoms with Crippen LogP contribution in [0.3, 0.4) is 0 Å². The van der Waals surface area contributed by atoms with Crippen molar-refractivity contribution in [2.24, 2.45) is 0 Å². The van der Waals surface area contributed by atoms with Gasteiger partial charge in [-0.3, -0.25) is 4.79 Å². The number of anilines is 1. The molecule has 140 valence electrons. The van der Waals surface area contributed by atoms with Gasteiger partial charge in [0.1, 0.15) is 5.75 Å². The fourth-order valence-corrected chi connectivity index (χ4v) is 2.53. The third-order valence-corrected chi connectivity index (χ3v) is 4.02. The molecule has 26 heavy (non-hydrogen) atoms. The third-order valence-electron chi connectivity index (χ3n) is 4.02. The number of carbonyl (C=O) groups excluding carboxylic acids is 1. The van der Waals surface area contributed by atoms with Crippen molar-refractivity contribution in [3.05, 3.63) is 48.0 Å². The predicted octanol–water partition coefficient (Wildman–Crippen LogP) is 4.92. The number of unbranched alkanes of at least 4 members (excludes halogenated alkanes) is 3. The number of methoxy groups -OCH3 is 2. The molecule has 0 saturated carbocycles. The van der Waals surface area contributed by atoms with Gasteiger partial charge in [0.2, 0.25) is 0 Å². The molecule has 0 aliphatic rings. The van der Waals surface area contributed by atoms with Crippen LogP contribution in [-0.4, -0.2) is 26.7 Å². The highest BCUT2D eigenvalue weighted by Crippen LogP contribution is 2.28. The van der Waals surface area contributed by atoms with Crippen LogP contribution in [0.1, 0.15) is 43.0 Å². The number of nitrogens with one attached hydrogen (secondary N) is 1. The maximum Gasteiger partial charge on any atom is 0.255 e. The summed E-state index contributed by atoms with van der Waals surface area (Å²) in [6, 6.07) is 12.5. The quantitative estimate of drug-likeness (QED) is 0.614. The summed E-state index contributed by atoms with van der Waals surface area (Å²) < 4.78 is 16.1. The van der Waals surface area contributed by atoms with E-state index in [0.717, 1.165) is 18.8 Å². The minimum absolute atomic E-state index is 0.209. The maximum absolute atomic E-state index is 12.4. The summed E-state index contributed by atoms with van der Waals surface area (Å²) in [6.07, 6.45) is 4.71. The summed E-state index contributed by atoms with van der Waals surface area (Å²) in [5, 5.41) is 2.87. The summed E-state index contributed by atoms with van der Waals surface area (Å²) >= 11 is 0. The molecule has 0 spiro atoms. The highest BCUT2D eigenvalue weighted by Gasteiger charge is 2.11. The van der Waals surface area contributed by atoms with Crippen molar-refractivity contribution < 1.29 is 19.0 Å². The summed E-state index contributed by atoms with van der Waals surface area (Å²) in [5.41, 5.74) is 1.21. The zero-order valence-electron chi connectivity index (χ0n) is 15.7. The van der Waals surface area contributed by atoms with E-state index in [1.54, 1.807) is 32.4 Å². The van der Waals surface area contributed by atoms with Crippen molar-refractivity contribution >= 4 is 11.6 Å². The van der Waals surface area contributed by atoms with Gasteiger partial charge >= 0.3 is 0 Å². The SMILES string of the molecule is CCCCCCOc1ccc(NC(=O)c2ccc(OC)c(OC)c2)cc1. The van der Waals surface area contributed by atoms with E-state index in [2.05, 4.69) is 12.2 Å². The van der Waals surface area contributed by atoms with Crippen LogP contribution < -0.4 is 19.5 Å². The van der Waals surface area contributed by atoms with Crippen LogP contribution in [-0.2, 0) is 0 Å². The van der Waals surface area contributed by atoms with Gasteiger partial charge in [-0.2, -0.15) is 0 Å². The summed E-state index contributed by atoms with van der Waals surface area (Å²) in [5.74, 6) is 1.71. The zero-order valence-corrected chi connectivity index (χ0v) is 15.7. The summed E-state index contributed by atoms with van der Waals surface area (Å²) in [4.78, 5) is 12.4. The molecular weight excluding hydrogens is 330 g/mol. The van der Waals surface area contributed by atoms with Gasteiger partial charge < -0.3 is 19.5 Å². The van der Waals surface area contributed by atoms with E-state index >= 15 is 0 Å². The first-order valence-electron chi connectivity index (χ1n) is 8.94. The molecule has 0 atom stereocenters. The van der Waals surface area contributed by atoms with Crippen molar-refractivity contribution in [1.82, 2.24) is 0 Å². The highest BCUT2D eigenvalue weighted by molar-refractivity contribution is 6.04. The lowest BCUT2D eigenvalue weighted by atomic mass is 10.2. The van der Waals surface area contributed by atoms with Gasteiger partial charge in [0.15, 0.2) is 11.5 Å². The fourth-order valence-electron chi connectivity index (χ4n) is 2.53. The topological polar surface area (TPSA) is 56.8 Å². The summed E-state index contributed by atoms with van der Waals surface area (Å²) in [7, 11) is 3.10. The Balaban J connectivity index is 1.91. The lowest BCUT2D eigenvalue weighted by Gasteiger charge is -2.11. The first-order valence-corrected chi connectivity index (χ1v) is 8.94. The van der Waals surface area contributed by atoms with E-state index in [0.29, 0.717) is 22.7 Å². The number of benzene rings is 2. The van der Waals surface area contributed by atoms with Crippen LogP contribution in [0.2, 0.25) is 0 Å². The molecule has 0 aliphatic heterocycles. The molecule has 2 rings (SSSR count). The molecule has 0 aromatic heterocycles. The average molecular weight is 357 g/mol. The minimum atomic E-state index is -0.209. The molecule has 1 N–H and O–H groups in total. The van der Waals surface area contributed by atoms with Gasteiger partial charge in [0.05, 0.1) is 20.8 Å². The molecule has 0 radical (unpaired) electrons. The standard InChI is InChI=1S/C21H27NO4/c1-4-5-6-7-14-26-18-11-9-17(10-12-18)22-21(23)16-8-13-19(24-2)20(15-16)25-3/h8-13,15H,4-7,14H2,1-3H3,(H,22,23). The first-order chi connectivity index (χ1) is 12.7. The van der Waals surface area contributed by atoms with Crippen LogP contribution in [0.15, 0.2) is 42.5 Å². The zero-order chi connectivity index (χ0) is 18.8. The highest BCUT2D eigenvalue weighted by atomic mass is 16.5. The molecule has 0 fully saturated rings. The van der Waals surface area contributed by atoms with E-state index < -0.39 is 0 Å². The number of hydrogen-bond acceptors (Lipinski definition) is 4. The smallest absolute Gasteiger partial charge is 0.255 e. The van der Waals surface area contributed by atoms with Crippen molar-refractivity contribution in [2.45, 2.75) is 32.6 Å². The Labute approximate surface area is 155 Å². The number of carbonyl (C=O) groups is 1. The molecule has 0 saturated heterocycles. The first kappa shape index (κ1) is 19.6. The molecule has 0 unspecified atom stereocenters. The average Bonchev–Trinajstić information content (AvgIpc) is 2.68. The predicted molar refractivity (Wildman–Crippen MR) is 104 cm³/mol. The van der Waals surface area contributed by atoms with Gasteiger partial charge in [-0.1, -0.05) is 26.2 Å². The lowest BCUT2D eigenvalue weighted by molar-refractivity contribution is 0.102. The van der Waals surface area contributed by atoms with Crippen LogP contribution in [0.4, 0.5) is 5.69 Å². The number of ether oxygens (including phenoxy) is 3. The van der Waals surface area contributed by atoms with Crippen LogP contribution in [0, 0.1) is 0 Å². The minimum Gasteiger partial charge on any atom is -0.494 e. The Hall–Kier alpha value is -2.69. The number of hydrogen-bond donors (Lipinski definition) is 1. The molecule has 0 heterocycles. The fraction of sp³-hybridized carbons (Fsp3) is 0.381. The Bertz CT molecular complexity index is 698. The van der Waals surface area contributed by atoms with E-state index in [1.165, 1.54) is 19.3 Å². The molecule has 5 nitrogen and oxygen atoms in total. The van der Waals surface area contributed by atoms with Gasteiger partial charge in [0.25, 0.3) is 5.91 Å². The summed E-state index contributed by atoms with van der Waals surface area (Å²) in [6.45, 7) is 2.91. The van der Waals surface area contributed by atoms with Gasteiger partial charge in [-0.25, -0.2) is 0 Å². The molecule has 0 bridgehead atoms. The molecule has 1 amide bonds. The molecule has 2 aromatic carbocycles. The Morgan fingerprint density at radius 1 is 0.923 bits per heavy atom. The second-order valence-electron chi connectivity index (χ2n) is 5.96.